The normalized spacial score (nSPS) is 26.0. The van der Waals surface area contributed by atoms with E-state index < -0.39 is 47.3 Å². The zero-order valence-corrected chi connectivity index (χ0v) is 30.8. The molecule has 7 rings (SSSR count). The Hall–Kier alpha value is -4.54. The van der Waals surface area contributed by atoms with Gasteiger partial charge in [0.1, 0.15) is 29.5 Å². The standard InChI is InChI=1S/C45H45ClO8/c1-2-51-36-21-18-30(19-22-36)24-34-25-35(20-23-37(34)46)45-38(47)26-44(42(45)48,43(49)50)40(53-28-32-14-8-4-9-15-32)39(52-27-31-12-6-3-7-13-31)41(45)54-29-33-16-10-5-11-17-33/h3-23,25,38-42,47-48H,2,24,26-29H2,1H3,(H,49,50)/t38?,39-,40-,41+,42?,44-,45-/m1/s1. The average molecular weight is 749 g/mol. The molecule has 54 heavy (non-hydrogen) atoms. The van der Waals surface area contributed by atoms with Crippen molar-refractivity contribution in [1.82, 2.24) is 0 Å². The monoisotopic (exact) mass is 748 g/mol. The number of hydrogen-bond donors (Lipinski definition) is 3. The van der Waals surface area contributed by atoms with Gasteiger partial charge in [-0.15, -0.1) is 0 Å². The van der Waals surface area contributed by atoms with Crippen LogP contribution in [-0.2, 0) is 50.7 Å². The van der Waals surface area contributed by atoms with Gasteiger partial charge in [-0.3, -0.25) is 4.79 Å². The number of benzene rings is 5. The highest BCUT2D eigenvalue weighted by Gasteiger charge is 2.78. The van der Waals surface area contributed by atoms with Crippen LogP contribution in [0.25, 0.3) is 0 Å². The fraction of sp³-hybridized carbons (Fsp3) is 0.311. The molecule has 0 aromatic heterocycles. The zero-order valence-electron chi connectivity index (χ0n) is 30.1. The van der Waals surface area contributed by atoms with Crippen LogP contribution in [-0.4, -0.2) is 58.4 Å². The maximum absolute atomic E-state index is 13.7. The van der Waals surface area contributed by atoms with Gasteiger partial charge >= 0.3 is 5.97 Å². The van der Waals surface area contributed by atoms with Gasteiger partial charge < -0.3 is 34.3 Å². The van der Waals surface area contributed by atoms with Gasteiger partial charge in [0.25, 0.3) is 0 Å². The highest BCUT2D eigenvalue weighted by atomic mass is 35.5. The maximum atomic E-state index is 13.7. The molecule has 0 spiro atoms. The molecule has 0 aliphatic heterocycles. The van der Waals surface area contributed by atoms with Gasteiger partial charge in [0.05, 0.1) is 44.1 Å². The predicted molar refractivity (Wildman–Crippen MR) is 205 cm³/mol. The number of carboxylic acids is 1. The molecule has 2 bridgehead atoms. The molecule has 7 atom stereocenters. The molecule has 2 fully saturated rings. The summed E-state index contributed by atoms with van der Waals surface area (Å²) in [5.41, 5.74) is 1.15. The number of aliphatic hydroxyl groups is 2. The molecule has 280 valence electrons. The fourth-order valence-electron chi connectivity index (χ4n) is 8.40. The quantitative estimate of drug-likeness (QED) is 0.101. The lowest BCUT2D eigenvalue weighted by Gasteiger charge is -2.54. The Balaban J connectivity index is 1.36. The Kier molecular flexibility index (Phi) is 11.5. The molecule has 8 nitrogen and oxygen atoms in total. The van der Waals surface area contributed by atoms with E-state index in [2.05, 4.69) is 0 Å². The Bertz CT molecular complexity index is 1990. The van der Waals surface area contributed by atoms with Gasteiger partial charge in [-0.05, 0) is 71.3 Å². The topological polar surface area (TPSA) is 115 Å². The molecule has 2 unspecified atom stereocenters. The molecule has 0 heterocycles. The van der Waals surface area contributed by atoms with E-state index in [4.69, 9.17) is 30.5 Å². The number of aliphatic carboxylic acids is 1. The van der Waals surface area contributed by atoms with Gasteiger partial charge in [0, 0.05) is 5.02 Å². The lowest BCUT2D eigenvalue weighted by molar-refractivity contribution is -0.257. The van der Waals surface area contributed by atoms with Gasteiger partial charge in [0.2, 0.25) is 0 Å². The van der Waals surface area contributed by atoms with E-state index >= 15 is 0 Å². The minimum atomic E-state index is -1.96. The van der Waals surface area contributed by atoms with Gasteiger partial charge in [-0.25, -0.2) is 0 Å². The fourth-order valence-corrected chi connectivity index (χ4v) is 8.58. The number of aliphatic hydroxyl groups excluding tert-OH is 2. The largest absolute Gasteiger partial charge is 0.494 e. The first kappa shape index (κ1) is 37.8. The summed E-state index contributed by atoms with van der Waals surface area (Å²) in [4.78, 5) is 13.7. The highest BCUT2D eigenvalue weighted by molar-refractivity contribution is 6.31. The number of carbonyl (C=O) groups is 1. The summed E-state index contributed by atoms with van der Waals surface area (Å²) in [5.74, 6) is -0.527. The third-order valence-corrected chi connectivity index (χ3v) is 11.4. The van der Waals surface area contributed by atoms with Crippen molar-refractivity contribution in [2.24, 2.45) is 5.41 Å². The summed E-state index contributed by atoms with van der Waals surface area (Å²) in [6.45, 7) is 2.76. The van der Waals surface area contributed by atoms with Gasteiger partial charge in [-0.1, -0.05) is 127 Å². The summed E-state index contributed by atoms with van der Waals surface area (Å²) < 4.78 is 25.9. The van der Waals surface area contributed by atoms with Crippen molar-refractivity contribution in [2.75, 3.05) is 6.61 Å². The van der Waals surface area contributed by atoms with Crippen molar-refractivity contribution in [3.05, 3.63) is 172 Å². The van der Waals surface area contributed by atoms with Crippen LogP contribution in [0.3, 0.4) is 0 Å². The van der Waals surface area contributed by atoms with E-state index in [-0.39, 0.29) is 26.2 Å². The lowest BCUT2D eigenvalue weighted by Crippen LogP contribution is -2.71. The summed E-state index contributed by atoms with van der Waals surface area (Å²) in [6.07, 6.45) is -6.18. The van der Waals surface area contributed by atoms with E-state index in [1.807, 2.05) is 128 Å². The van der Waals surface area contributed by atoms with Crippen LogP contribution >= 0.6 is 11.6 Å². The van der Waals surface area contributed by atoms with E-state index in [0.29, 0.717) is 23.6 Å². The van der Waals surface area contributed by atoms with Crippen molar-refractivity contribution in [1.29, 1.82) is 0 Å². The number of fused-ring (bicyclic) bond motifs is 2. The second-order valence-electron chi connectivity index (χ2n) is 14.2. The van der Waals surface area contributed by atoms with Crippen molar-refractivity contribution in [3.63, 3.8) is 0 Å². The van der Waals surface area contributed by atoms with Crippen LogP contribution in [0.2, 0.25) is 5.02 Å². The van der Waals surface area contributed by atoms with Crippen LogP contribution < -0.4 is 4.74 Å². The first-order chi connectivity index (χ1) is 26.3. The molecule has 0 radical (unpaired) electrons. The molecule has 0 saturated heterocycles. The summed E-state index contributed by atoms with van der Waals surface area (Å²) in [7, 11) is 0. The smallest absolute Gasteiger partial charge is 0.315 e. The van der Waals surface area contributed by atoms with Crippen LogP contribution in [0.1, 0.15) is 46.7 Å². The van der Waals surface area contributed by atoms with Crippen molar-refractivity contribution >= 4 is 17.6 Å². The minimum absolute atomic E-state index is 0.0557. The maximum Gasteiger partial charge on any atom is 0.315 e. The zero-order chi connectivity index (χ0) is 37.7. The Morgan fingerprint density at radius 3 is 1.78 bits per heavy atom. The Labute approximate surface area is 320 Å². The molecule has 2 aliphatic carbocycles. The van der Waals surface area contributed by atoms with E-state index in [1.54, 1.807) is 12.1 Å². The average Bonchev–Trinajstić information content (AvgIpc) is 3.37. The SMILES string of the molecule is CCOc1ccc(Cc2cc([C@]34C(O)C[C@](C(=O)O)(C3O)[C@H](OCc3ccccc3)[C@@H](OCc3ccccc3)[C@@H]4OCc3ccccc3)ccc2Cl)cc1. The molecule has 5 aromatic carbocycles. The molecule has 5 aromatic rings. The van der Waals surface area contributed by atoms with Crippen molar-refractivity contribution < 1.29 is 39.1 Å². The summed E-state index contributed by atoms with van der Waals surface area (Å²) >= 11 is 6.84. The van der Waals surface area contributed by atoms with E-state index in [1.165, 1.54) is 0 Å². The molecule has 9 heteroatoms. The van der Waals surface area contributed by atoms with Crippen LogP contribution in [0.15, 0.2) is 133 Å². The summed E-state index contributed by atoms with van der Waals surface area (Å²) in [6, 6.07) is 41.7. The number of halogens is 1. The second kappa shape index (κ2) is 16.4. The van der Waals surface area contributed by atoms with Gasteiger partial charge in [-0.2, -0.15) is 0 Å². The third-order valence-electron chi connectivity index (χ3n) is 11.0. The Morgan fingerprint density at radius 1 is 0.704 bits per heavy atom. The second-order valence-corrected chi connectivity index (χ2v) is 14.6. The summed E-state index contributed by atoms with van der Waals surface area (Å²) in [5, 5.41) is 36.9. The first-order valence-electron chi connectivity index (χ1n) is 18.3. The van der Waals surface area contributed by atoms with Gasteiger partial charge in [0.15, 0.2) is 0 Å². The number of ether oxygens (including phenoxy) is 4. The number of hydrogen-bond acceptors (Lipinski definition) is 7. The highest BCUT2D eigenvalue weighted by Crippen LogP contribution is 2.62. The minimum Gasteiger partial charge on any atom is -0.494 e. The predicted octanol–water partition coefficient (Wildman–Crippen LogP) is 7.53. The van der Waals surface area contributed by atoms with E-state index in [9.17, 15) is 20.1 Å². The van der Waals surface area contributed by atoms with E-state index in [0.717, 1.165) is 33.6 Å². The lowest BCUT2D eigenvalue weighted by atomic mass is 9.58. The molecule has 2 saturated carbocycles. The van der Waals surface area contributed by atoms with Crippen LogP contribution in [0.4, 0.5) is 0 Å². The molecular formula is C45H45ClO8. The Morgan fingerprint density at radius 2 is 1.24 bits per heavy atom. The van der Waals surface area contributed by atoms with Crippen molar-refractivity contribution in [2.45, 2.75) is 75.5 Å². The van der Waals surface area contributed by atoms with Crippen LogP contribution in [0.5, 0.6) is 5.75 Å². The molecule has 0 amide bonds. The van der Waals surface area contributed by atoms with Crippen molar-refractivity contribution in [3.8, 4) is 5.75 Å². The molecule has 2 aliphatic rings. The number of rotatable bonds is 15. The third kappa shape index (κ3) is 7.18. The molecular weight excluding hydrogens is 704 g/mol. The number of carboxylic acid groups (broad SMARTS) is 1. The first-order valence-corrected chi connectivity index (χ1v) is 18.7. The van der Waals surface area contributed by atoms with Crippen LogP contribution in [0, 0.1) is 5.41 Å². The molecule has 3 N–H and O–H groups in total.